The van der Waals surface area contributed by atoms with Crippen LogP contribution in [0, 0.1) is 0 Å². The summed E-state index contributed by atoms with van der Waals surface area (Å²) in [5, 5.41) is 39.7. The molecule has 1 aromatic heterocycles. The summed E-state index contributed by atoms with van der Waals surface area (Å²) < 4.78 is 26.7. The average Bonchev–Trinajstić information content (AvgIpc) is 2.67. The molecule has 1 aliphatic heterocycles. The number of aliphatic hydroxyl groups is 4. The summed E-state index contributed by atoms with van der Waals surface area (Å²) in [5.41, 5.74) is -0.518. The van der Waals surface area contributed by atoms with Crippen molar-refractivity contribution in [2.24, 2.45) is 0 Å². The van der Waals surface area contributed by atoms with Crippen LogP contribution in [0.5, 0.6) is 17.2 Å². The van der Waals surface area contributed by atoms with E-state index in [4.69, 9.17) is 23.4 Å². The minimum absolute atomic E-state index is 0.0130. The third kappa shape index (κ3) is 3.45. The van der Waals surface area contributed by atoms with Crippen molar-refractivity contribution in [2.75, 3.05) is 20.8 Å². The number of benzene rings is 1. The van der Waals surface area contributed by atoms with Crippen LogP contribution in [0.2, 0.25) is 0 Å². The lowest BCUT2D eigenvalue weighted by atomic mass is 9.99. The van der Waals surface area contributed by atoms with E-state index in [1.54, 1.807) is 0 Å². The van der Waals surface area contributed by atoms with Crippen molar-refractivity contribution in [1.82, 2.24) is 0 Å². The molecule has 1 fully saturated rings. The molecule has 0 bridgehead atoms. The van der Waals surface area contributed by atoms with Crippen LogP contribution >= 0.6 is 0 Å². The Morgan fingerprint density at radius 3 is 2.41 bits per heavy atom. The molecular formula is C17H20O10. The molecule has 10 heteroatoms. The van der Waals surface area contributed by atoms with Gasteiger partial charge in [-0.3, -0.25) is 0 Å². The van der Waals surface area contributed by atoms with Crippen LogP contribution in [-0.2, 0) is 4.74 Å². The second kappa shape index (κ2) is 7.71. The first-order chi connectivity index (χ1) is 12.9. The van der Waals surface area contributed by atoms with Crippen LogP contribution in [-0.4, -0.2) is 72.0 Å². The molecule has 4 N–H and O–H groups in total. The van der Waals surface area contributed by atoms with E-state index in [1.165, 1.54) is 32.4 Å². The van der Waals surface area contributed by atoms with Crippen LogP contribution in [0.3, 0.4) is 0 Å². The van der Waals surface area contributed by atoms with Gasteiger partial charge in [0.2, 0.25) is 17.8 Å². The summed E-state index contributed by atoms with van der Waals surface area (Å²) in [4.78, 5) is 11.6. The van der Waals surface area contributed by atoms with Crippen LogP contribution in [0.25, 0.3) is 11.0 Å². The van der Waals surface area contributed by atoms with E-state index in [0.717, 1.165) is 0 Å². The quantitative estimate of drug-likeness (QED) is 0.473. The summed E-state index contributed by atoms with van der Waals surface area (Å²) >= 11 is 0. The molecule has 0 amide bonds. The Morgan fingerprint density at radius 1 is 1.04 bits per heavy atom. The van der Waals surface area contributed by atoms with Crippen LogP contribution in [0.4, 0.5) is 0 Å². The van der Waals surface area contributed by atoms with Crippen molar-refractivity contribution < 1.29 is 43.8 Å². The molecule has 0 saturated carbocycles. The molecule has 2 aromatic rings. The Bertz CT molecular complexity index is 861. The Balaban J connectivity index is 2.06. The van der Waals surface area contributed by atoms with Gasteiger partial charge in [0.05, 0.1) is 20.8 Å². The zero-order valence-corrected chi connectivity index (χ0v) is 14.6. The number of aliphatic hydroxyl groups excluding tert-OH is 4. The fraction of sp³-hybridized carbons (Fsp3) is 0.471. The lowest BCUT2D eigenvalue weighted by Gasteiger charge is -2.39. The van der Waals surface area contributed by atoms with Gasteiger partial charge in [-0.15, -0.1) is 0 Å². The van der Waals surface area contributed by atoms with Gasteiger partial charge in [-0.05, 0) is 12.1 Å². The van der Waals surface area contributed by atoms with Gasteiger partial charge in [0, 0.05) is 11.5 Å². The maximum atomic E-state index is 11.6. The lowest BCUT2D eigenvalue weighted by molar-refractivity contribution is -0.277. The third-order valence-corrected chi connectivity index (χ3v) is 4.29. The first-order valence-corrected chi connectivity index (χ1v) is 8.07. The summed E-state index contributed by atoms with van der Waals surface area (Å²) in [6.45, 7) is -0.605. The molecule has 27 heavy (non-hydrogen) atoms. The van der Waals surface area contributed by atoms with Crippen molar-refractivity contribution in [1.29, 1.82) is 0 Å². The van der Waals surface area contributed by atoms with E-state index in [0.29, 0.717) is 5.39 Å². The molecule has 0 spiro atoms. The van der Waals surface area contributed by atoms with Crippen molar-refractivity contribution in [3.63, 3.8) is 0 Å². The number of hydrogen-bond acceptors (Lipinski definition) is 10. The first kappa shape index (κ1) is 19.4. The predicted octanol–water partition coefficient (Wildman–Crippen LogP) is -1.01. The molecule has 1 aliphatic rings. The molecule has 2 heterocycles. The van der Waals surface area contributed by atoms with Crippen LogP contribution in [0.1, 0.15) is 0 Å². The smallest absolute Gasteiger partial charge is 0.336 e. The highest BCUT2D eigenvalue weighted by Gasteiger charge is 2.45. The minimum atomic E-state index is -1.63. The van der Waals surface area contributed by atoms with Crippen LogP contribution < -0.4 is 19.8 Å². The highest BCUT2D eigenvalue weighted by molar-refractivity contribution is 5.88. The van der Waals surface area contributed by atoms with Gasteiger partial charge in [-0.1, -0.05) is 0 Å². The van der Waals surface area contributed by atoms with E-state index in [1.807, 2.05) is 0 Å². The molecule has 3 rings (SSSR count). The van der Waals surface area contributed by atoms with Gasteiger partial charge in [-0.25, -0.2) is 4.79 Å². The van der Waals surface area contributed by atoms with E-state index in [2.05, 4.69) is 0 Å². The van der Waals surface area contributed by atoms with Crippen LogP contribution in [0.15, 0.2) is 27.4 Å². The highest BCUT2D eigenvalue weighted by atomic mass is 16.7. The van der Waals surface area contributed by atoms with E-state index < -0.39 is 42.9 Å². The first-order valence-electron chi connectivity index (χ1n) is 8.07. The standard InChI is InChI=1S/C17H20O10/c1-23-8-5-7-3-4-10(19)26-14(7)16(24-2)15(8)27-17-13(22)12(21)11(20)9(6-18)25-17/h3-5,9,11-13,17-18,20-22H,6H2,1-2H3/t9-,11+,12+,13-,17-/m0/s1. The lowest BCUT2D eigenvalue weighted by Crippen LogP contribution is -2.60. The fourth-order valence-electron chi connectivity index (χ4n) is 2.87. The molecule has 5 atom stereocenters. The minimum Gasteiger partial charge on any atom is -0.493 e. The molecule has 1 aromatic carbocycles. The maximum absolute atomic E-state index is 11.6. The largest absolute Gasteiger partial charge is 0.493 e. The van der Waals surface area contributed by atoms with Gasteiger partial charge in [0.25, 0.3) is 0 Å². The number of hydrogen-bond donors (Lipinski definition) is 4. The molecule has 0 radical (unpaired) electrons. The Labute approximate surface area is 153 Å². The van der Waals surface area contributed by atoms with Gasteiger partial charge in [-0.2, -0.15) is 0 Å². The maximum Gasteiger partial charge on any atom is 0.336 e. The number of ether oxygens (including phenoxy) is 4. The summed E-state index contributed by atoms with van der Waals surface area (Å²) in [5.74, 6) is 0.148. The zero-order valence-electron chi connectivity index (χ0n) is 14.6. The molecular weight excluding hydrogens is 364 g/mol. The van der Waals surface area contributed by atoms with Crippen molar-refractivity contribution in [3.05, 3.63) is 28.6 Å². The topological polar surface area (TPSA) is 148 Å². The third-order valence-electron chi connectivity index (χ3n) is 4.29. The molecule has 1 saturated heterocycles. The van der Waals surface area contributed by atoms with E-state index in [-0.39, 0.29) is 22.8 Å². The second-order valence-electron chi connectivity index (χ2n) is 5.93. The average molecular weight is 384 g/mol. The van der Waals surface area contributed by atoms with Gasteiger partial charge in [0.15, 0.2) is 11.3 Å². The number of methoxy groups -OCH3 is 2. The normalized spacial score (nSPS) is 28.1. The van der Waals surface area contributed by atoms with E-state index in [9.17, 15) is 25.2 Å². The monoisotopic (exact) mass is 384 g/mol. The zero-order chi connectivity index (χ0) is 19.7. The second-order valence-corrected chi connectivity index (χ2v) is 5.93. The molecule has 10 nitrogen and oxygen atoms in total. The number of fused-ring (bicyclic) bond motifs is 1. The van der Waals surface area contributed by atoms with Crippen molar-refractivity contribution in [3.8, 4) is 17.2 Å². The molecule has 0 aliphatic carbocycles. The Hall–Kier alpha value is -2.37. The van der Waals surface area contributed by atoms with E-state index >= 15 is 0 Å². The SMILES string of the molecule is COc1cc2ccc(=O)oc2c(OC)c1O[C@@H]1O[C@@H](CO)[C@@H](O)[C@@H](O)[C@@H]1O. The Kier molecular flexibility index (Phi) is 5.53. The molecule has 148 valence electrons. The van der Waals surface area contributed by atoms with Gasteiger partial charge < -0.3 is 43.8 Å². The fourth-order valence-corrected chi connectivity index (χ4v) is 2.87. The highest BCUT2D eigenvalue weighted by Crippen LogP contribution is 2.44. The van der Waals surface area contributed by atoms with Crippen molar-refractivity contribution in [2.45, 2.75) is 30.7 Å². The number of rotatable bonds is 5. The Morgan fingerprint density at radius 2 is 1.78 bits per heavy atom. The summed E-state index contributed by atoms with van der Waals surface area (Å²) in [6.07, 6.45) is -7.38. The van der Waals surface area contributed by atoms with Gasteiger partial charge >= 0.3 is 5.63 Å². The molecule has 0 unspecified atom stereocenters. The summed E-state index contributed by atoms with van der Waals surface area (Å²) in [7, 11) is 2.70. The predicted molar refractivity (Wildman–Crippen MR) is 90.0 cm³/mol. The summed E-state index contributed by atoms with van der Waals surface area (Å²) in [6, 6.07) is 4.28. The van der Waals surface area contributed by atoms with Crippen molar-refractivity contribution >= 4 is 11.0 Å². The van der Waals surface area contributed by atoms with Gasteiger partial charge in [0.1, 0.15) is 24.4 Å².